The van der Waals surface area contributed by atoms with Crippen molar-refractivity contribution in [2.24, 2.45) is 0 Å². The van der Waals surface area contributed by atoms with Gasteiger partial charge in [0.1, 0.15) is 6.61 Å². The van der Waals surface area contributed by atoms with E-state index in [4.69, 9.17) is 16.3 Å². The van der Waals surface area contributed by atoms with Crippen LogP contribution < -0.4 is 5.32 Å². The Morgan fingerprint density at radius 2 is 1.80 bits per heavy atom. The van der Waals surface area contributed by atoms with Crippen LogP contribution in [0.3, 0.4) is 0 Å². The summed E-state index contributed by atoms with van der Waals surface area (Å²) in [5.41, 5.74) is 1.94. The molecule has 2 aromatic carbocycles. The number of halogens is 1. The lowest BCUT2D eigenvalue weighted by molar-refractivity contribution is 0.136. The average molecular weight is 290 g/mol. The van der Waals surface area contributed by atoms with Crippen LogP contribution in [0.15, 0.2) is 54.6 Å². The Balaban J connectivity index is 1.83. The highest BCUT2D eigenvalue weighted by Crippen LogP contribution is 2.16. The van der Waals surface area contributed by atoms with Crippen LogP contribution in [0, 0.1) is 0 Å². The van der Waals surface area contributed by atoms with Gasteiger partial charge in [-0.25, -0.2) is 4.79 Å². The molecule has 20 heavy (non-hydrogen) atoms. The number of amides is 1. The molecule has 0 saturated heterocycles. The second-order valence-corrected chi connectivity index (χ2v) is 4.92. The van der Waals surface area contributed by atoms with E-state index in [2.05, 4.69) is 5.32 Å². The SMILES string of the molecule is C[C@H](NC(=O)OCc1ccccc1)c1ccc(Cl)cc1. The summed E-state index contributed by atoms with van der Waals surface area (Å²) < 4.78 is 5.17. The topological polar surface area (TPSA) is 38.3 Å². The van der Waals surface area contributed by atoms with Crippen molar-refractivity contribution in [1.29, 1.82) is 0 Å². The predicted molar refractivity (Wildman–Crippen MR) is 79.6 cm³/mol. The second-order valence-electron chi connectivity index (χ2n) is 4.48. The standard InChI is InChI=1S/C16H16ClNO2/c1-12(14-7-9-15(17)10-8-14)18-16(19)20-11-13-5-3-2-4-6-13/h2-10,12H,11H2,1H3,(H,18,19)/t12-/m0/s1. The Morgan fingerprint density at radius 1 is 1.15 bits per heavy atom. The molecule has 1 amide bonds. The van der Waals surface area contributed by atoms with Gasteiger partial charge in [-0.3, -0.25) is 0 Å². The average Bonchev–Trinajstić information content (AvgIpc) is 2.47. The number of nitrogens with one attached hydrogen (secondary N) is 1. The molecule has 2 aromatic rings. The monoisotopic (exact) mass is 289 g/mol. The van der Waals surface area contributed by atoms with Gasteiger partial charge in [-0.2, -0.15) is 0 Å². The first kappa shape index (κ1) is 14.4. The highest BCUT2D eigenvalue weighted by atomic mass is 35.5. The molecule has 0 aliphatic heterocycles. The van der Waals surface area contributed by atoms with E-state index in [0.29, 0.717) is 5.02 Å². The number of hydrogen-bond donors (Lipinski definition) is 1. The molecule has 104 valence electrons. The van der Waals surface area contributed by atoms with Crippen molar-refractivity contribution in [1.82, 2.24) is 5.32 Å². The summed E-state index contributed by atoms with van der Waals surface area (Å²) in [6.45, 7) is 2.16. The first-order valence-corrected chi connectivity index (χ1v) is 6.75. The number of rotatable bonds is 4. The number of alkyl carbamates (subject to hydrolysis) is 1. The van der Waals surface area contributed by atoms with E-state index in [1.807, 2.05) is 49.4 Å². The minimum atomic E-state index is -0.434. The van der Waals surface area contributed by atoms with Crippen molar-refractivity contribution in [2.75, 3.05) is 0 Å². The zero-order valence-corrected chi connectivity index (χ0v) is 11.9. The van der Waals surface area contributed by atoms with Crippen LogP contribution in [-0.4, -0.2) is 6.09 Å². The Morgan fingerprint density at radius 3 is 2.45 bits per heavy atom. The lowest BCUT2D eigenvalue weighted by Crippen LogP contribution is -2.27. The summed E-state index contributed by atoms with van der Waals surface area (Å²) in [6.07, 6.45) is -0.434. The van der Waals surface area contributed by atoms with Crippen LogP contribution in [0.5, 0.6) is 0 Å². The zero-order valence-electron chi connectivity index (χ0n) is 11.2. The van der Waals surface area contributed by atoms with Crippen LogP contribution in [0.1, 0.15) is 24.1 Å². The molecule has 0 bridgehead atoms. The fourth-order valence-electron chi connectivity index (χ4n) is 1.78. The number of ether oxygens (including phenoxy) is 1. The molecule has 0 aromatic heterocycles. The number of carbonyl (C=O) groups is 1. The van der Waals surface area contributed by atoms with E-state index in [0.717, 1.165) is 11.1 Å². The molecule has 0 fully saturated rings. The highest BCUT2D eigenvalue weighted by molar-refractivity contribution is 6.30. The summed E-state index contributed by atoms with van der Waals surface area (Å²) in [6, 6.07) is 16.8. The Labute approximate surface area is 123 Å². The molecule has 3 nitrogen and oxygen atoms in total. The summed E-state index contributed by atoms with van der Waals surface area (Å²) >= 11 is 5.83. The van der Waals surface area contributed by atoms with Gasteiger partial charge in [0.15, 0.2) is 0 Å². The van der Waals surface area contributed by atoms with Gasteiger partial charge < -0.3 is 10.1 Å². The van der Waals surface area contributed by atoms with Crippen molar-refractivity contribution in [3.05, 3.63) is 70.7 Å². The molecule has 1 atom stereocenters. The van der Waals surface area contributed by atoms with Crippen molar-refractivity contribution in [2.45, 2.75) is 19.6 Å². The van der Waals surface area contributed by atoms with Crippen LogP contribution in [0.25, 0.3) is 0 Å². The van der Waals surface area contributed by atoms with Crippen LogP contribution in [-0.2, 0) is 11.3 Å². The quantitative estimate of drug-likeness (QED) is 0.910. The molecule has 0 aliphatic carbocycles. The normalized spacial score (nSPS) is 11.7. The lowest BCUT2D eigenvalue weighted by atomic mass is 10.1. The third-order valence-electron chi connectivity index (χ3n) is 2.92. The van der Waals surface area contributed by atoms with Gasteiger partial charge >= 0.3 is 6.09 Å². The molecule has 0 saturated carbocycles. The van der Waals surface area contributed by atoms with E-state index in [-0.39, 0.29) is 12.6 Å². The van der Waals surface area contributed by atoms with Crippen LogP contribution in [0.4, 0.5) is 4.79 Å². The Bertz CT molecular complexity index is 554. The molecule has 0 spiro atoms. The van der Waals surface area contributed by atoms with Gasteiger partial charge in [-0.05, 0) is 30.2 Å². The Kier molecular flexibility index (Phi) is 5.02. The molecule has 2 rings (SSSR count). The number of hydrogen-bond acceptors (Lipinski definition) is 2. The van der Waals surface area contributed by atoms with Gasteiger partial charge in [-0.1, -0.05) is 54.1 Å². The molecule has 4 heteroatoms. The van der Waals surface area contributed by atoms with E-state index < -0.39 is 6.09 Å². The Hall–Kier alpha value is -2.00. The minimum absolute atomic E-state index is 0.129. The maximum Gasteiger partial charge on any atom is 0.407 e. The maximum atomic E-state index is 11.7. The molecular weight excluding hydrogens is 274 g/mol. The van der Waals surface area contributed by atoms with Gasteiger partial charge in [-0.15, -0.1) is 0 Å². The predicted octanol–water partition coefficient (Wildman–Crippen LogP) is 4.33. The second kappa shape index (κ2) is 6.96. The van der Waals surface area contributed by atoms with Crippen molar-refractivity contribution in [3.63, 3.8) is 0 Å². The van der Waals surface area contributed by atoms with Gasteiger partial charge in [0.25, 0.3) is 0 Å². The molecule has 0 aliphatic rings. The van der Waals surface area contributed by atoms with E-state index in [9.17, 15) is 4.79 Å². The molecular formula is C16H16ClNO2. The van der Waals surface area contributed by atoms with Crippen LogP contribution in [0.2, 0.25) is 5.02 Å². The van der Waals surface area contributed by atoms with Crippen LogP contribution >= 0.6 is 11.6 Å². The van der Waals surface area contributed by atoms with E-state index >= 15 is 0 Å². The van der Waals surface area contributed by atoms with Crippen molar-refractivity contribution in [3.8, 4) is 0 Å². The largest absolute Gasteiger partial charge is 0.445 e. The van der Waals surface area contributed by atoms with Crippen molar-refractivity contribution < 1.29 is 9.53 Å². The smallest absolute Gasteiger partial charge is 0.407 e. The summed E-state index contributed by atoms with van der Waals surface area (Å²) in [5, 5.41) is 3.46. The summed E-state index contributed by atoms with van der Waals surface area (Å²) in [4.78, 5) is 11.7. The number of carbonyl (C=O) groups excluding carboxylic acids is 1. The highest BCUT2D eigenvalue weighted by Gasteiger charge is 2.10. The maximum absolute atomic E-state index is 11.7. The van der Waals surface area contributed by atoms with Crippen molar-refractivity contribution >= 4 is 17.7 Å². The van der Waals surface area contributed by atoms with Gasteiger partial charge in [0, 0.05) is 5.02 Å². The minimum Gasteiger partial charge on any atom is -0.445 e. The van der Waals surface area contributed by atoms with Gasteiger partial charge in [0.05, 0.1) is 6.04 Å². The molecule has 0 unspecified atom stereocenters. The summed E-state index contributed by atoms with van der Waals surface area (Å²) in [7, 11) is 0. The third kappa shape index (κ3) is 4.28. The fourth-order valence-corrected chi connectivity index (χ4v) is 1.90. The fraction of sp³-hybridized carbons (Fsp3) is 0.188. The van der Waals surface area contributed by atoms with Gasteiger partial charge in [0.2, 0.25) is 0 Å². The number of benzene rings is 2. The third-order valence-corrected chi connectivity index (χ3v) is 3.17. The first-order valence-electron chi connectivity index (χ1n) is 6.38. The van der Waals surface area contributed by atoms with E-state index in [1.54, 1.807) is 12.1 Å². The van der Waals surface area contributed by atoms with E-state index in [1.165, 1.54) is 0 Å². The molecule has 1 N–H and O–H groups in total. The molecule has 0 heterocycles. The molecule has 0 radical (unpaired) electrons. The summed E-state index contributed by atoms with van der Waals surface area (Å²) in [5.74, 6) is 0. The zero-order chi connectivity index (χ0) is 14.4. The first-order chi connectivity index (χ1) is 9.65. The lowest BCUT2D eigenvalue weighted by Gasteiger charge is -2.14.